The molecule has 35 heavy (non-hydrogen) atoms. The van der Waals surface area contributed by atoms with Crippen LogP contribution >= 0.6 is 0 Å². The van der Waals surface area contributed by atoms with Crippen LogP contribution in [-0.2, 0) is 0 Å². The Morgan fingerprint density at radius 1 is 0.971 bits per heavy atom. The van der Waals surface area contributed by atoms with E-state index in [-0.39, 0.29) is 5.69 Å². The molecular formula is C24H20F2N8O. The predicted molar refractivity (Wildman–Crippen MR) is 123 cm³/mol. The van der Waals surface area contributed by atoms with Gasteiger partial charge in [-0.25, -0.2) is 28.5 Å². The Bertz CT molecular complexity index is 1510. The lowest BCUT2D eigenvalue weighted by molar-refractivity contribution is 0.398. The summed E-state index contributed by atoms with van der Waals surface area (Å²) in [5.41, 5.74) is 3.14. The molecule has 0 bridgehead atoms. The molecule has 0 amide bonds. The Kier molecular flexibility index (Phi) is 5.09. The number of anilines is 1. The first kappa shape index (κ1) is 21.1. The quantitative estimate of drug-likeness (QED) is 0.356. The van der Waals surface area contributed by atoms with Gasteiger partial charge in [0.2, 0.25) is 11.8 Å². The normalized spacial score (nSPS) is 15.7. The van der Waals surface area contributed by atoms with Gasteiger partial charge in [-0.05, 0) is 37.1 Å². The molecule has 1 aliphatic heterocycles. The smallest absolute Gasteiger partial charge is 0.213 e. The lowest BCUT2D eigenvalue weighted by Crippen LogP contribution is -2.25. The number of nitrogens with zero attached hydrogens (tertiary/aromatic N) is 8. The lowest BCUT2D eigenvalue weighted by atomic mass is 10.1. The number of fused-ring (bicyclic) bond motifs is 1. The van der Waals surface area contributed by atoms with E-state index in [2.05, 4.69) is 20.2 Å². The molecular weight excluding hydrogens is 454 g/mol. The molecule has 1 aliphatic rings. The van der Waals surface area contributed by atoms with E-state index in [1.54, 1.807) is 47.2 Å². The monoisotopic (exact) mass is 474 g/mol. The summed E-state index contributed by atoms with van der Waals surface area (Å²) in [7, 11) is 1.57. The molecule has 0 aliphatic carbocycles. The van der Waals surface area contributed by atoms with Crippen molar-refractivity contribution in [3.05, 3.63) is 78.8 Å². The Hall–Kier alpha value is -4.41. The van der Waals surface area contributed by atoms with E-state index >= 15 is 0 Å². The molecule has 1 saturated heterocycles. The van der Waals surface area contributed by atoms with Crippen LogP contribution in [0.2, 0.25) is 0 Å². The molecule has 9 nitrogen and oxygen atoms in total. The summed E-state index contributed by atoms with van der Waals surface area (Å²) >= 11 is 0. The van der Waals surface area contributed by atoms with Gasteiger partial charge < -0.3 is 9.64 Å². The zero-order valence-electron chi connectivity index (χ0n) is 18.7. The molecule has 0 aromatic carbocycles. The van der Waals surface area contributed by atoms with Gasteiger partial charge in [-0.1, -0.05) is 0 Å². The minimum Gasteiger partial charge on any atom is -0.481 e. The molecule has 6 heterocycles. The predicted octanol–water partition coefficient (Wildman–Crippen LogP) is 4.00. The first-order chi connectivity index (χ1) is 17.1. The van der Waals surface area contributed by atoms with Crippen molar-refractivity contribution in [2.75, 3.05) is 18.6 Å². The van der Waals surface area contributed by atoms with Crippen LogP contribution in [0.15, 0.2) is 61.3 Å². The number of aromatic nitrogens is 7. The molecule has 1 fully saturated rings. The Labute approximate surface area is 198 Å². The molecule has 0 unspecified atom stereocenters. The maximum absolute atomic E-state index is 14.5. The Morgan fingerprint density at radius 2 is 1.89 bits per heavy atom. The van der Waals surface area contributed by atoms with Crippen molar-refractivity contribution >= 4 is 11.5 Å². The standard InChI is InChI=1S/C24H20F2N8O/c1-35-22-7-4-15(11-27-22)16-12-28-34(14-16)19-13-29-33-10-8-21(31-24(19)33)32-9-2-3-18(32)23-17(25)5-6-20(26)30-23/h4-8,10-14,18H,2-3,9H2,1H3/t18-/m1/s1. The topological polar surface area (TPSA) is 86.3 Å². The van der Waals surface area contributed by atoms with E-state index in [4.69, 9.17) is 9.72 Å². The minimum atomic E-state index is -0.698. The van der Waals surface area contributed by atoms with E-state index in [0.29, 0.717) is 36.0 Å². The van der Waals surface area contributed by atoms with Crippen LogP contribution in [-0.4, -0.2) is 48.0 Å². The van der Waals surface area contributed by atoms with Gasteiger partial charge in [-0.3, -0.25) is 0 Å². The number of hydrogen-bond donors (Lipinski definition) is 0. The fourth-order valence-corrected chi connectivity index (χ4v) is 4.44. The number of hydrogen-bond acceptors (Lipinski definition) is 7. The summed E-state index contributed by atoms with van der Waals surface area (Å²) in [6.45, 7) is 0.658. The largest absolute Gasteiger partial charge is 0.481 e. The zero-order chi connectivity index (χ0) is 23.9. The van der Waals surface area contributed by atoms with E-state index in [1.165, 1.54) is 0 Å². The van der Waals surface area contributed by atoms with Crippen LogP contribution in [0, 0.1) is 11.8 Å². The van der Waals surface area contributed by atoms with E-state index < -0.39 is 17.8 Å². The Morgan fingerprint density at radius 3 is 2.71 bits per heavy atom. The molecule has 1 atom stereocenters. The van der Waals surface area contributed by atoms with Crippen molar-refractivity contribution in [1.29, 1.82) is 0 Å². The van der Waals surface area contributed by atoms with Crippen LogP contribution in [0.3, 0.4) is 0 Å². The van der Waals surface area contributed by atoms with Gasteiger partial charge in [-0.2, -0.15) is 14.6 Å². The summed E-state index contributed by atoms with van der Waals surface area (Å²) in [5.74, 6) is -0.0456. The summed E-state index contributed by atoms with van der Waals surface area (Å²) in [6.07, 6.45) is 10.3. The van der Waals surface area contributed by atoms with Crippen LogP contribution in [0.1, 0.15) is 24.6 Å². The van der Waals surface area contributed by atoms with Gasteiger partial charge in [0.1, 0.15) is 23.0 Å². The number of ether oxygens (including phenoxy) is 1. The number of pyridine rings is 2. The second-order valence-corrected chi connectivity index (χ2v) is 8.20. The minimum absolute atomic E-state index is 0.0997. The maximum Gasteiger partial charge on any atom is 0.213 e. The van der Waals surface area contributed by atoms with Gasteiger partial charge >= 0.3 is 0 Å². The fourth-order valence-electron chi connectivity index (χ4n) is 4.44. The summed E-state index contributed by atoms with van der Waals surface area (Å²) in [5, 5.41) is 8.88. The SMILES string of the molecule is COc1ccc(-c2cnn(-c3cnn4ccc(N5CCC[C@@H]5c5nc(F)ccc5F)nc34)c2)cn1. The van der Waals surface area contributed by atoms with Crippen molar-refractivity contribution in [2.45, 2.75) is 18.9 Å². The van der Waals surface area contributed by atoms with Crippen molar-refractivity contribution in [3.63, 3.8) is 0 Å². The highest BCUT2D eigenvalue weighted by Crippen LogP contribution is 2.36. The van der Waals surface area contributed by atoms with E-state index in [9.17, 15) is 8.78 Å². The first-order valence-corrected chi connectivity index (χ1v) is 11.1. The third-order valence-corrected chi connectivity index (χ3v) is 6.15. The van der Waals surface area contributed by atoms with Crippen molar-refractivity contribution in [3.8, 4) is 22.7 Å². The second kappa shape index (κ2) is 8.42. The third kappa shape index (κ3) is 3.74. The Balaban J connectivity index is 1.35. The average molecular weight is 474 g/mol. The van der Waals surface area contributed by atoms with Gasteiger partial charge in [0.05, 0.1) is 25.5 Å². The average Bonchev–Trinajstić information content (AvgIpc) is 3.64. The molecule has 0 saturated carbocycles. The second-order valence-electron chi connectivity index (χ2n) is 8.20. The lowest BCUT2D eigenvalue weighted by Gasteiger charge is -2.25. The van der Waals surface area contributed by atoms with Crippen molar-refractivity contribution < 1.29 is 13.5 Å². The maximum atomic E-state index is 14.5. The van der Waals surface area contributed by atoms with E-state index in [1.807, 2.05) is 23.2 Å². The number of rotatable bonds is 5. The van der Waals surface area contributed by atoms with Crippen LogP contribution in [0.4, 0.5) is 14.6 Å². The molecule has 6 rings (SSSR count). The molecule has 5 aromatic rings. The van der Waals surface area contributed by atoms with Crippen LogP contribution in [0.25, 0.3) is 22.5 Å². The fraction of sp³-hybridized carbons (Fsp3) is 0.208. The summed E-state index contributed by atoms with van der Waals surface area (Å²) in [4.78, 5) is 14.9. The van der Waals surface area contributed by atoms with Gasteiger partial charge in [0.15, 0.2) is 5.65 Å². The van der Waals surface area contributed by atoms with Gasteiger partial charge in [0, 0.05) is 42.3 Å². The number of methoxy groups -OCH3 is 1. The molecule has 0 spiro atoms. The summed E-state index contributed by atoms with van der Waals surface area (Å²) in [6, 6.07) is 7.27. The van der Waals surface area contributed by atoms with Crippen molar-refractivity contribution in [2.24, 2.45) is 0 Å². The van der Waals surface area contributed by atoms with Crippen LogP contribution < -0.4 is 9.64 Å². The molecule has 11 heteroatoms. The van der Waals surface area contributed by atoms with Crippen molar-refractivity contribution in [1.82, 2.24) is 34.3 Å². The third-order valence-electron chi connectivity index (χ3n) is 6.15. The highest BCUT2D eigenvalue weighted by atomic mass is 19.1. The summed E-state index contributed by atoms with van der Waals surface area (Å²) < 4.78 is 36.7. The number of halogens is 2. The molecule has 5 aromatic heterocycles. The highest BCUT2D eigenvalue weighted by Gasteiger charge is 2.31. The first-order valence-electron chi connectivity index (χ1n) is 11.1. The van der Waals surface area contributed by atoms with Gasteiger partial charge in [0.25, 0.3) is 0 Å². The zero-order valence-corrected chi connectivity index (χ0v) is 18.7. The van der Waals surface area contributed by atoms with E-state index in [0.717, 1.165) is 29.7 Å². The molecule has 176 valence electrons. The van der Waals surface area contributed by atoms with Gasteiger partial charge in [-0.15, -0.1) is 0 Å². The van der Waals surface area contributed by atoms with Crippen LogP contribution in [0.5, 0.6) is 5.88 Å². The molecule has 0 N–H and O–H groups in total. The highest BCUT2D eigenvalue weighted by molar-refractivity contribution is 5.65. The molecule has 0 radical (unpaired) electrons.